The molecule has 0 bridgehead atoms. The van der Waals surface area contributed by atoms with Crippen LogP contribution in [0.3, 0.4) is 0 Å². The number of aliphatic hydroxyl groups is 1. The fraction of sp³-hybridized carbons (Fsp3) is 0.615. The number of halogens is 3. The second-order valence-electron chi connectivity index (χ2n) is 5.02. The van der Waals surface area contributed by atoms with Gasteiger partial charge in [0.1, 0.15) is 5.00 Å². The van der Waals surface area contributed by atoms with Gasteiger partial charge in [0.15, 0.2) is 0 Å². The summed E-state index contributed by atoms with van der Waals surface area (Å²) in [5.41, 5.74) is 1.39. The summed E-state index contributed by atoms with van der Waals surface area (Å²) in [5.74, 6) is -1.35. The molecule has 0 saturated heterocycles. The Hall–Kier alpha value is -1.08. The summed E-state index contributed by atoms with van der Waals surface area (Å²) >= 11 is 1.26. The second kappa shape index (κ2) is 5.04. The Bertz CT molecular complexity index is 551. The molecule has 7 heteroatoms. The minimum atomic E-state index is -4.67. The molecule has 0 radical (unpaired) electrons. The minimum Gasteiger partial charge on any atom is -0.440 e. The lowest BCUT2D eigenvalue weighted by Gasteiger charge is -2.22. The van der Waals surface area contributed by atoms with Gasteiger partial charge in [-0.15, -0.1) is 11.3 Å². The van der Waals surface area contributed by atoms with Crippen molar-refractivity contribution in [2.45, 2.75) is 51.0 Å². The normalized spacial score (nSPS) is 23.0. The van der Waals surface area contributed by atoms with E-state index in [9.17, 15) is 18.3 Å². The third-order valence-corrected chi connectivity index (χ3v) is 4.81. The van der Waals surface area contributed by atoms with Gasteiger partial charge in [-0.25, -0.2) is 0 Å². The van der Waals surface area contributed by atoms with Crippen molar-refractivity contribution in [1.29, 1.82) is 0 Å². The van der Waals surface area contributed by atoms with Gasteiger partial charge < -0.3 is 9.84 Å². The summed E-state index contributed by atoms with van der Waals surface area (Å²) < 4.78 is 42.5. The van der Waals surface area contributed by atoms with Crippen LogP contribution in [0.1, 0.15) is 48.0 Å². The Kier molecular flexibility index (Phi) is 3.50. The number of ether oxygens (including phenoxy) is 1. The Labute approximate surface area is 118 Å². The van der Waals surface area contributed by atoms with Crippen LogP contribution < -0.4 is 0 Å². The fourth-order valence-electron chi connectivity index (χ4n) is 2.68. The Morgan fingerprint density at radius 3 is 2.55 bits per heavy atom. The first kappa shape index (κ1) is 13.9. The monoisotopic (exact) mass is 305 g/mol. The zero-order valence-corrected chi connectivity index (χ0v) is 11.5. The molecule has 0 aromatic carbocycles. The highest BCUT2D eigenvalue weighted by atomic mass is 32.1. The second-order valence-corrected chi connectivity index (χ2v) is 6.11. The van der Waals surface area contributed by atoms with Gasteiger partial charge in [-0.1, -0.05) is 12.8 Å². The molecule has 0 saturated carbocycles. The van der Waals surface area contributed by atoms with Crippen LogP contribution in [0.4, 0.5) is 18.2 Å². The Morgan fingerprint density at radius 1 is 1.15 bits per heavy atom. The van der Waals surface area contributed by atoms with Gasteiger partial charge in [0.25, 0.3) is 0 Å². The summed E-state index contributed by atoms with van der Waals surface area (Å²) in [6.07, 6.45) is -0.348. The smallest absolute Gasteiger partial charge is 0.440 e. The summed E-state index contributed by atoms with van der Waals surface area (Å²) in [7, 11) is 0. The average molecular weight is 305 g/mol. The first-order valence-electron chi connectivity index (χ1n) is 6.62. The molecule has 1 aliphatic heterocycles. The van der Waals surface area contributed by atoms with Crippen LogP contribution in [0.25, 0.3) is 0 Å². The van der Waals surface area contributed by atoms with E-state index in [0.717, 1.165) is 49.0 Å². The van der Waals surface area contributed by atoms with Gasteiger partial charge in [-0.2, -0.15) is 18.2 Å². The molecular formula is C13H14F3NO2S. The molecule has 1 aromatic rings. The van der Waals surface area contributed by atoms with Crippen molar-refractivity contribution in [2.24, 2.45) is 4.99 Å². The van der Waals surface area contributed by atoms with Crippen molar-refractivity contribution in [3.63, 3.8) is 0 Å². The highest BCUT2D eigenvalue weighted by Gasteiger charge is 2.43. The van der Waals surface area contributed by atoms with Crippen molar-refractivity contribution < 1.29 is 23.0 Å². The van der Waals surface area contributed by atoms with Crippen LogP contribution >= 0.6 is 11.3 Å². The standard InChI is InChI=1S/C13H14F3NO2S/c14-13(15,16)12-17-10-9(11(18)19-12)7-5-3-1-2-4-6-8(7)20-10/h11,18H,1-6H2. The van der Waals surface area contributed by atoms with E-state index in [1.807, 2.05) is 0 Å². The Morgan fingerprint density at radius 2 is 1.85 bits per heavy atom. The molecule has 0 spiro atoms. The highest BCUT2D eigenvalue weighted by molar-refractivity contribution is 7.16. The summed E-state index contributed by atoms with van der Waals surface area (Å²) in [6.45, 7) is 0. The number of fused-ring (bicyclic) bond motifs is 3. The Balaban J connectivity index is 2.05. The third kappa shape index (κ3) is 2.44. The number of aliphatic hydroxyl groups excluding tert-OH is 1. The van der Waals surface area contributed by atoms with Crippen LogP contribution in [0.15, 0.2) is 4.99 Å². The molecule has 3 nitrogen and oxygen atoms in total. The van der Waals surface area contributed by atoms with E-state index in [4.69, 9.17) is 0 Å². The molecule has 0 fully saturated rings. The maximum Gasteiger partial charge on any atom is 0.468 e. The molecule has 20 heavy (non-hydrogen) atoms. The van der Waals surface area contributed by atoms with Crippen LogP contribution in [0, 0.1) is 0 Å². The van der Waals surface area contributed by atoms with Crippen molar-refractivity contribution in [3.8, 4) is 0 Å². The van der Waals surface area contributed by atoms with E-state index >= 15 is 0 Å². The van der Waals surface area contributed by atoms with Crippen molar-refractivity contribution >= 4 is 22.2 Å². The van der Waals surface area contributed by atoms with Crippen LogP contribution in [-0.2, 0) is 17.6 Å². The van der Waals surface area contributed by atoms with Crippen molar-refractivity contribution in [2.75, 3.05) is 0 Å². The minimum absolute atomic E-state index is 0.253. The number of aliphatic imine (C=N–C) groups is 1. The molecule has 1 unspecified atom stereocenters. The van der Waals surface area contributed by atoms with Gasteiger partial charge >= 0.3 is 12.1 Å². The molecule has 0 amide bonds. The van der Waals surface area contributed by atoms with Gasteiger partial charge in [0, 0.05) is 4.88 Å². The maximum atomic E-state index is 12.7. The van der Waals surface area contributed by atoms with Crippen molar-refractivity contribution in [1.82, 2.24) is 0 Å². The quantitative estimate of drug-likeness (QED) is 0.786. The predicted molar refractivity (Wildman–Crippen MR) is 69.4 cm³/mol. The predicted octanol–water partition coefficient (Wildman–Crippen LogP) is 4.02. The van der Waals surface area contributed by atoms with Crippen LogP contribution in [0.5, 0.6) is 0 Å². The molecule has 1 N–H and O–H groups in total. The van der Waals surface area contributed by atoms with E-state index in [-0.39, 0.29) is 5.00 Å². The topological polar surface area (TPSA) is 41.8 Å². The summed E-state index contributed by atoms with van der Waals surface area (Å²) in [5, 5.41) is 10.2. The van der Waals surface area contributed by atoms with Crippen LogP contribution in [-0.4, -0.2) is 17.2 Å². The fourth-order valence-corrected chi connectivity index (χ4v) is 3.96. The molecular weight excluding hydrogens is 291 g/mol. The highest BCUT2D eigenvalue weighted by Crippen LogP contribution is 2.46. The molecule has 2 aliphatic rings. The van der Waals surface area contributed by atoms with E-state index in [2.05, 4.69) is 9.73 Å². The maximum absolute atomic E-state index is 12.7. The first-order chi connectivity index (χ1) is 9.47. The lowest BCUT2D eigenvalue weighted by molar-refractivity contribution is -0.113. The zero-order valence-electron chi connectivity index (χ0n) is 10.7. The molecule has 110 valence electrons. The summed E-state index contributed by atoms with van der Waals surface area (Å²) in [4.78, 5) is 4.61. The van der Waals surface area contributed by atoms with E-state index in [1.165, 1.54) is 11.3 Å². The van der Waals surface area contributed by atoms with E-state index < -0.39 is 18.4 Å². The zero-order chi connectivity index (χ0) is 14.3. The lowest BCUT2D eigenvalue weighted by Crippen LogP contribution is -2.29. The number of nitrogens with zero attached hydrogens (tertiary/aromatic N) is 1. The average Bonchev–Trinajstić information content (AvgIpc) is 2.65. The number of rotatable bonds is 0. The van der Waals surface area contributed by atoms with E-state index in [1.54, 1.807) is 0 Å². The van der Waals surface area contributed by atoms with E-state index in [0.29, 0.717) is 5.56 Å². The summed E-state index contributed by atoms with van der Waals surface area (Å²) in [6, 6.07) is 0. The van der Waals surface area contributed by atoms with Crippen molar-refractivity contribution in [3.05, 3.63) is 16.0 Å². The molecule has 1 atom stereocenters. The molecule has 2 heterocycles. The SMILES string of the molecule is OC1OC(C(F)(F)F)=Nc2sc3c(c21)CCCCCC3. The number of alkyl halides is 3. The number of thiophene rings is 1. The molecule has 1 aliphatic carbocycles. The molecule has 3 rings (SSSR count). The van der Waals surface area contributed by atoms with Gasteiger partial charge in [0.05, 0.1) is 5.56 Å². The number of hydrogen-bond acceptors (Lipinski definition) is 4. The lowest BCUT2D eigenvalue weighted by atomic mass is 9.96. The molecule has 1 aromatic heterocycles. The largest absolute Gasteiger partial charge is 0.468 e. The van der Waals surface area contributed by atoms with Gasteiger partial charge in [-0.05, 0) is 31.2 Å². The van der Waals surface area contributed by atoms with Gasteiger partial charge in [0.2, 0.25) is 6.29 Å². The first-order valence-corrected chi connectivity index (χ1v) is 7.43. The third-order valence-electron chi connectivity index (χ3n) is 3.61. The number of aryl methyl sites for hydroxylation is 1. The van der Waals surface area contributed by atoms with Crippen LogP contribution in [0.2, 0.25) is 0 Å². The number of hydrogen-bond donors (Lipinski definition) is 1. The van der Waals surface area contributed by atoms with Gasteiger partial charge in [-0.3, -0.25) is 0 Å².